The predicted octanol–water partition coefficient (Wildman–Crippen LogP) is 4.21. The summed E-state index contributed by atoms with van der Waals surface area (Å²) in [5.74, 6) is 1.27. The Morgan fingerprint density at radius 1 is 1.19 bits per heavy atom. The first-order valence-corrected chi connectivity index (χ1v) is 9.46. The van der Waals surface area contributed by atoms with Gasteiger partial charge in [-0.3, -0.25) is 9.69 Å². The van der Waals surface area contributed by atoms with Crippen molar-refractivity contribution in [3.63, 3.8) is 0 Å². The molecule has 27 heavy (non-hydrogen) atoms. The third-order valence-electron chi connectivity index (χ3n) is 4.86. The van der Waals surface area contributed by atoms with Crippen LogP contribution in [0.1, 0.15) is 18.4 Å². The monoisotopic (exact) mass is 388 g/mol. The number of carbonyl (C=O) groups is 1. The molecule has 0 aromatic heterocycles. The minimum absolute atomic E-state index is 0.0161. The van der Waals surface area contributed by atoms with Crippen molar-refractivity contribution in [2.45, 2.75) is 19.4 Å². The molecule has 0 aliphatic carbocycles. The molecular weight excluding hydrogens is 364 g/mol. The van der Waals surface area contributed by atoms with Crippen LogP contribution in [0, 0.1) is 5.92 Å². The molecule has 6 heteroatoms. The summed E-state index contributed by atoms with van der Waals surface area (Å²) in [6.07, 6.45) is 1.89. The van der Waals surface area contributed by atoms with Gasteiger partial charge in [0.15, 0.2) is 0 Å². The van der Waals surface area contributed by atoms with E-state index >= 15 is 0 Å². The number of carbonyl (C=O) groups excluding carboxylic acids is 1. The third-order valence-corrected chi connectivity index (χ3v) is 5.11. The molecule has 1 heterocycles. The number of likely N-dealkylation sites (tertiary alicyclic amines) is 1. The van der Waals surface area contributed by atoms with Gasteiger partial charge in [0, 0.05) is 24.2 Å². The van der Waals surface area contributed by atoms with Crippen LogP contribution in [0.25, 0.3) is 0 Å². The first kappa shape index (κ1) is 19.5. The molecule has 1 aliphatic heterocycles. The molecule has 1 N–H and O–H groups in total. The summed E-state index contributed by atoms with van der Waals surface area (Å²) in [5, 5.41) is 3.75. The molecule has 2 aromatic carbocycles. The van der Waals surface area contributed by atoms with Crippen LogP contribution in [-0.4, -0.2) is 38.1 Å². The number of rotatable bonds is 6. The average Bonchev–Trinajstić information content (AvgIpc) is 2.70. The van der Waals surface area contributed by atoms with Crippen molar-refractivity contribution < 1.29 is 14.3 Å². The zero-order valence-electron chi connectivity index (χ0n) is 15.7. The summed E-state index contributed by atoms with van der Waals surface area (Å²) in [7, 11) is 3.19. The Bertz CT molecular complexity index is 779. The molecular formula is C21H25ClN2O3. The van der Waals surface area contributed by atoms with Crippen LogP contribution in [0.2, 0.25) is 5.02 Å². The minimum atomic E-state index is -0.0537. The van der Waals surface area contributed by atoms with E-state index in [0.717, 1.165) is 37.5 Å². The second kappa shape index (κ2) is 9.11. The summed E-state index contributed by atoms with van der Waals surface area (Å²) in [4.78, 5) is 15.1. The van der Waals surface area contributed by atoms with E-state index in [2.05, 4.69) is 10.2 Å². The maximum atomic E-state index is 12.8. The number of anilines is 1. The van der Waals surface area contributed by atoms with Crippen molar-refractivity contribution in [3.05, 3.63) is 53.1 Å². The van der Waals surface area contributed by atoms with Crippen LogP contribution >= 0.6 is 11.6 Å². The molecule has 0 bridgehead atoms. The molecule has 2 aromatic rings. The lowest BCUT2D eigenvalue weighted by Gasteiger charge is -2.32. The Kier molecular flexibility index (Phi) is 6.58. The fourth-order valence-electron chi connectivity index (χ4n) is 3.41. The van der Waals surface area contributed by atoms with E-state index in [4.69, 9.17) is 21.1 Å². The maximum absolute atomic E-state index is 12.8. The number of ether oxygens (including phenoxy) is 2. The van der Waals surface area contributed by atoms with Gasteiger partial charge in [0.2, 0.25) is 5.91 Å². The largest absolute Gasteiger partial charge is 0.497 e. The van der Waals surface area contributed by atoms with E-state index in [1.54, 1.807) is 26.4 Å². The van der Waals surface area contributed by atoms with Gasteiger partial charge in [-0.05, 0) is 49.2 Å². The lowest BCUT2D eigenvalue weighted by atomic mass is 9.96. The first-order chi connectivity index (χ1) is 13.1. The van der Waals surface area contributed by atoms with E-state index < -0.39 is 0 Å². The van der Waals surface area contributed by atoms with Gasteiger partial charge >= 0.3 is 0 Å². The van der Waals surface area contributed by atoms with Crippen LogP contribution in [-0.2, 0) is 11.3 Å². The Labute approximate surface area is 165 Å². The topological polar surface area (TPSA) is 50.8 Å². The van der Waals surface area contributed by atoms with Crippen LogP contribution in [0.5, 0.6) is 11.5 Å². The second-order valence-corrected chi connectivity index (χ2v) is 7.19. The zero-order valence-corrected chi connectivity index (χ0v) is 16.5. The number of nitrogens with one attached hydrogen (secondary N) is 1. The fraction of sp³-hybridized carbons (Fsp3) is 0.381. The van der Waals surface area contributed by atoms with Crippen molar-refractivity contribution in [3.8, 4) is 11.5 Å². The van der Waals surface area contributed by atoms with Crippen LogP contribution in [0.15, 0.2) is 42.5 Å². The smallest absolute Gasteiger partial charge is 0.228 e. The Hall–Kier alpha value is -2.24. The van der Waals surface area contributed by atoms with Gasteiger partial charge in [-0.25, -0.2) is 0 Å². The van der Waals surface area contributed by atoms with Crippen LogP contribution in [0.4, 0.5) is 5.69 Å². The number of hydrogen-bond donors (Lipinski definition) is 1. The van der Waals surface area contributed by atoms with E-state index in [1.165, 1.54) is 5.56 Å². The highest BCUT2D eigenvalue weighted by Crippen LogP contribution is 2.30. The average molecular weight is 389 g/mol. The van der Waals surface area contributed by atoms with Crippen molar-refractivity contribution >= 4 is 23.2 Å². The summed E-state index contributed by atoms with van der Waals surface area (Å²) in [6, 6.07) is 13.3. The molecule has 1 amide bonds. The molecule has 0 unspecified atom stereocenters. The van der Waals surface area contributed by atoms with Crippen molar-refractivity contribution in [1.29, 1.82) is 0 Å². The third kappa shape index (κ3) is 5.15. The Balaban J connectivity index is 1.63. The number of amides is 1. The normalized spacial score (nSPS) is 17.4. The summed E-state index contributed by atoms with van der Waals surface area (Å²) >= 11 is 5.96. The molecule has 1 saturated heterocycles. The van der Waals surface area contributed by atoms with Gasteiger partial charge in [-0.2, -0.15) is 0 Å². The number of nitrogens with zero attached hydrogens (tertiary/aromatic N) is 1. The van der Waals surface area contributed by atoms with E-state index in [0.29, 0.717) is 17.2 Å². The highest BCUT2D eigenvalue weighted by Gasteiger charge is 2.26. The zero-order chi connectivity index (χ0) is 19.2. The molecule has 5 nitrogen and oxygen atoms in total. The summed E-state index contributed by atoms with van der Waals surface area (Å²) in [6.45, 7) is 2.55. The van der Waals surface area contributed by atoms with Crippen LogP contribution in [0.3, 0.4) is 0 Å². The predicted molar refractivity (Wildman–Crippen MR) is 108 cm³/mol. The molecule has 1 atom stereocenters. The molecule has 0 radical (unpaired) electrons. The quantitative estimate of drug-likeness (QED) is 0.805. The number of benzene rings is 2. The van der Waals surface area contributed by atoms with Gasteiger partial charge in [0.1, 0.15) is 11.5 Å². The van der Waals surface area contributed by atoms with Crippen molar-refractivity contribution in [2.24, 2.45) is 5.92 Å². The lowest BCUT2D eigenvalue weighted by molar-refractivity contribution is -0.121. The standard InChI is InChI=1S/C21H25ClN2O3/c1-26-18-9-10-20(27-2)19(12-18)23-21(25)16-4-3-11-24(14-16)13-15-5-7-17(22)8-6-15/h5-10,12,16H,3-4,11,13-14H2,1-2H3,(H,23,25)/t16-/m0/s1. The Morgan fingerprint density at radius 3 is 2.67 bits per heavy atom. The number of hydrogen-bond acceptors (Lipinski definition) is 4. The van der Waals surface area contributed by atoms with Gasteiger partial charge < -0.3 is 14.8 Å². The SMILES string of the molecule is COc1ccc(OC)c(NC(=O)[C@H]2CCCN(Cc3ccc(Cl)cc3)C2)c1. The highest BCUT2D eigenvalue weighted by atomic mass is 35.5. The molecule has 1 fully saturated rings. The van der Waals surface area contributed by atoms with Crippen molar-refractivity contribution in [2.75, 3.05) is 32.6 Å². The van der Waals surface area contributed by atoms with Gasteiger partial charge in [0.05, 0.1) is 25.8 Å². The maximum Gasteiger partial charge on any atom is 0.228 e. The second-order valence-electron chi connectivity index (χ2n) is 6.76. The Morgan fingerprint density at radius 2 is 1.96 bits per heavy atom. The highest BCUT2D eigenvalue weighted by molar-refractivity contribution is 6.30. The summed E-state index contributed by atoms with van der Waals surface area (Å²) < 4.78 is 10.6. The van der Waals surface area contributed by atoms with E-state index in [1.807, 2.05) is 30.3 Å². The van der Waals surface area contributed by atoms with Crippen LogP contribution < -0.4 is 14.8 Å². The first-order valence-electron chi connectivity index (χ1n) is 9.08. The van der Waals surface area contributed by atoms with Gasteiger partial charge in [-0.15, -0.1) is 0 Å². The summed E-state index contributed by atoms with van der Waals surface area (Å²) in [5.41, 5.74) is 1.84. The number of piperidine rings is 1. The molecule has 1 aliphatic rings. The number of halogens is 1. The minimum Gasteiger partial charge on any atom is -0.497 e. The van der Waals surface area contributed by atoms with Gasteiger partial charge in [-0.1, -0.05) is 23.7 Å². The fourth-order valence-corrected chi connectivity index (χ4v) is 3.53. The van der Waals surface area contributed by atoms with E-state index in [9.17, 15) is 4.79 Å². The lowest BCUT2D eigenvalue weighted by Crippen LogP contribution is -2.40. The molecule has 3 rings (SSSR count). The molecule has 0 saturated carbocycles. The number of methoxy groups -OCH3 is 2. The molecule has 144 valence electrons. The van der Waals surface area contributed by atoms with Crippen molar-refractivity contribution in [1.82, 2.24) is 4.90 Å². The molecule has 0 spiro atoms. The van der Waals surface area contributed by atoms with Gasteiger partial charge in [0.25, 0.3) is 0 Å². The van der Waals surface area contributed by atoms with E-state index in [-0.39, 0.29) is 11.8 Å².